The largest absolute Gasteiger partial charge is 0.494 e. The maximum Gasteiger partial charge on any atom is 0.339 e. The van der Waals surface area contributed by atoms with Crippen LogP contribution in [0.3, 0.4) is 0 Å². The van der Waals surface area contributed by atoms with Crippen molar-refractivity contribution in [2.24, 2.45) is 5.92 Å². The van der Waals surface area contributed by atoms with Gasteiger partial charge in [0.05, 0.1) is 28.9 Å². The Hall–Kier alpha value is -5.27. The molecule has 2 aliphatic heterocycles. The Labute approximate surface area is 258 Å². The van der Waals surface area contributed by atoms with Crippen LogP contribution in [0.5, 0.6) is 11.5 Å². The maximum atomic E-state index is 14.0. The Morgan fingerprint density at radius 3 is 2.20 bits per heavy atom. The molecule has 0 bridgehead atoms. The summed E-state index contributed by atoms with van der Waals surface area (Å²) in [6.07, 6.45) is -0.392. The van der Waals surface area contributed by atoms with Gasteiger partial charge in [-0.2, -0.15) is 8.42 Å². The molecule has 3 atom stereocenters. The van der Waals surface area contributed by atoms with E-state index in [1.165, 1.54) is 47.5 Å². The van der Waals surface area contributed by atoms with Crippen LogP contribution in [0.15, 0.2) is 108 Å². The lowest BCUT2D eigenvalue weighted by Gasteiger charge is -2.28. The van der Waals surface area contributed by atoms with Gasteiger partial charge in [0, 0.05) is 12.1 Å². The van der Waals surface area contributed by atoms with Crippen molar-refractivity contribution in [1.29, 1.82) is 0 Å². The van der Waals surface area contributed by atoms with Crippen molar-refractivity contribution in [3.8, 4) is 11.5 Å². The third kappa shape index (κ3) is 5.70. The van der Waals surface area contributed by atoms with Crippen molar-refractivity contribution in [3.05, 3.63) is 119 Å². The molecule has 0 aromatic heterocycles. The summed E-state index contributed by atoms with van der Waals surface area (Å²) in [6.45, 7) is 2.51. The van der Waals surface area contributed by atoms with Gasteiger partial charge in [-0.05, 0) is 66.6 Å². The molecule has 2 saturated heterocycles. The Morgan fingerprint density at radius 1 is 0.844 bits per heavy atom. The van der Waals surface area contributed by atoms with Crippen molar-refractivity contribution in [2.75, 3.05) is 16.6 Å². The summed E-state index contributed by atoms with van der Waals surface area (Å²) in [6, 6.07) is 25.0. The van der Waals surface area contributed by atoms with Crippen LogP contribution in [0.2, 0.25) is 0 Å². The second-order valence-corrected chi connectivity index (χ2v) is 11.9. The quantitative estimate of drug-likeness (QED) is 0.0993. The minimum absolute atomic E-state index is 0.0157. The van der Waals surface area contributed by atoms with Gasteiger partial charge < -0.3 is 8.92 Å². The van der Waals surface area contributed by atoms with Gasteiger partial charge in [-0.15, -0.1) is 0 Å². The minimum atomic E-state index is -4.10. The van der Waals surface area contributed by atoms with Gasteiger partial charge in [0.15, 0.2) is 6.10 Å². The Balaban J connectivity index is 1.34. The van der Waals surface area contributed by atoms with E-state index in [0.717, 1.165) is 11.3 Å². The number of hydrogen-bond donors (Lipinski definition) is 0. The van der Waals surface area contributed by atoms with Gasteiger partial charge in [0.1, 0.15) is 22.3 Å². The van der Waals surface area contributed by atoms with E-state index in [1.807, 2.05) is 6.92 Å². The number of nitrogens with zero attached hydrogens (tertiary/aromatic N) is 3. The molecule has 2 aliphatic rings. The molecule has 0 radical (unpaired) electrons. The van der Waals surface area contributed by atoms with Crippen LogP contribution in [0.25, 0.3) is 0 Å². The number of amides is 2. The van der Waals surface area contributed by atoms with Gasteiger partial charge in [-0.3, -0.25) is 24.5 Å². The molecule has 2 heterocycles. The first-order valence-corrected chi connectivity index (χ1v) is 15.5. The number of fused-ring (bicyclic) bond motifs is 1. The zero-order chi connectivity index (χ0) is 31.7. The monoisotopic (exact) mass is 629 g/mol. The molecule has 0 N–H and O–H groups in total. The van der Waals surface area contributed by atoms with Crippen LogP contribution in [0.1, 0.15) is 24.9 Å². The average molecular weight is 630 g/mol. The summed E-state index contributed by atoms with van der Waals surface area (Å²) < 4.78 is 36.4. The van der Waals surface area contributed by atoms with E-state index >= 15 is 0 Å². The lowest BCUT2D eigenvalue weighted by atomic mass is 9.90. The molecule has 0 saturated carbocycles. The van der Waals surface area contributed by atoms with Crippen LogP contribution < -0.4 is 18.9 Å². The molecule has 12 nitrogen and oxygen atoms in total. The van der Waals surface area contributed by atoms with Crippen molar-refractivity contribution in [1.82, 2.24) is 0 Å². The zero-order valence-electron chi connectivity index (χ0n) is 23.9. The third-order valence-electron chi connectivity index (χ3n) is 7.44. The number of benzene rings is 4. The Morgan fingerprint density at radius 2 is 1.53 bits per heavy atom. The Kier molecular flexibility index (Phi) is 7.96. The van der Waals surface area contributed by atoms with Crippen LogP contribution in [-0.4, -0.2) is 37.9 Å². The highest BCUT2D eigenvalue weighted by molar-refractivity contribution is 7.87. The van der Waals surface area contributed by atoms with E-state index < -0.39 is 44.9 Å². The molecule has 230 valence electrons. The second-order valence-electron chi connectivity index (χ2n) is 10.4. The first-order valence-electron chi connectivity index (χ1n) is 14.1. The number of nitro groups is 1. The number of carbonyl (C=O) groups is 2. The summed E-state index contributed by atoms with van der Waals surface area (Å²) in [5, 5.41) is 12.8. The predicted octanol–water partition coefficient (Wildman–Crippen LogP) is 5.20. The van der Waals surface area contributed by atoms with Crippen LogP contribution in [0.4, 0.5) is 17.1 Å². The van der Waals surface area contributed by atoms with Crippen molar-refractivity contribution >= 4 is 39.0 Å². The highest BCUT2D eigenvalue weighted by Crippen LogP contribution is 2.48. The highest BCUT2D eigenvalue weighted by atomic mass is 32.2. The number of hydrogen-bond acceptors (Lipinski definition) is 10. The van der Waals surface area contributed by atoms with Crippen molar-refractivity contribution in [2.45, 2.75) is 30.4 Å². The summed E-state index contributed by atoms with van der Waals surface area (Å²) >= 11 is 0. The van der Waals surface area contributed by atoms with E-state index in [4.69, 9.17) is 13.8 Å². The van der Waals surface area contributed by atoms with Crippen molar-refractivity contribution in [3.63, 3.8) is 0 Å². The summed E-state index contributed by atoms with van der Waals surface area (Å²) in [4.78, 5) is 45.7. The van der Waals surface area contributed by atoms with E-state index in [1.54, 1.807) is 60.7 Å². The fourth-order valence-corrected chi connectivity index (χ4v) is 6.32. The lowest BCUT2D eigenvalue weighted by Crippen LogP contribution is -2.37. The minimum Gasteiger partial charge on any atom is -0.494 e. The van der Waals surface area contributed by atoms with Gasteiger partial charge in [0.2, 0.25) is 5.91 Å². The summed E-state index contributed by atoms with van der Waals surface area (Å²) in [5.74, 6) is -1.49. The van der Waals surface area contributed by atoms with Gasteiger partial charge in [-0.1, -0.05) is 43.3 Å². The lowest BCUT2D eigenvalue weighted by molar-refractivity contribution is -0.384. The standard InChI is InChI=1S/C32H27N3O9S/c1-2-19-42-25-17-13-22(14-18-25)33-31(36)28-29(34(43-30(28)32(33)37)23-7-6-8-24(20-23)35(38)39)21-11-15-26(16-12-21)44-45(40,41)27-9-4-3-5-10-27/h3-18,20,28-30H,2,19H2,1H3/t28-,29-,30-/m0/s1. The summed E-state index contributed by atoms with van der Waals surface area (Å²) in [7, 11) is -4.10. The second kappa shape index (κ2) is 12.0. The average Bonchev–Trinajstić information content (AvgIpc) is 3.56. The number of imide groups is 1. The number of non-ortho nitro benzene ring substituents is 1. The Bertz CT molecular complexity index is 1850. The predicted molar refractivity (Wildman–Crippen MR) is 162 cm³/mol. The first kappa shape index (κ1) is 29.8. The summed E-state index contributed by atoms with van der Waals surface area (Å²) in [5.41, 5.74) is 0.902. The number of rotatable bonds is 10. The SMILES string of the molecule is CCCOc1ccc(N2C(=O)[C@@H]3[C@H](ON(c4cccc([N+](=O)[O-])c4)[C@H]3c3ccc(OS(=O)(=O)c4ccccc4)cc3)C2=O)cc1. The van der Waals surface area contributed by atoms with Crippen LogP contribution in [0, 0.1) is 16.0 Å². The number of ether oxygens (including phenoxy) is 1. The highest BCUT2D eigenvalue weighted by Gasteiger charge is 2.60. The number of anilines is 2. The molecule has 6 rings (SSSR count). The van der Waals surface area contributed by atoms with Crippen molar-refractivity contribution < 1.29 is 36.7 Å². The molecule has 2 fully saturated rings. The molecule has 0 unspecified atom stereocenters. The maximum absolute atomic E-state index is 14.0. The first-order chi connectivity index (χ1) is 21.7. The zero-order valence-corrected chi connectivity index (χ0v) is 24.7. The molecular weight excluding hydrogens is 602 g/mol. The molecule has 4 aromatic rings. The van der Waals surface area contributed by atoms with E-state index in [2.05, 4.69) is 0 Å². The molecule has 13 heteroatoms. The smallest absolute Gasteiger partial charge is 0.339 e. The topological polar surface area (TPSA) is 146 Å². The molecule has 0 spiro atoms. The van der Waals surface area contributed by atoms with E-state index in [-0.39, 0.29) is 22.0 Å². The van der Waals surface area contributed by atoms with Gasteiger partial charge in [-0.25, -0.2) is 9.96 Å². The molecule has 4 aromatic carbocycles. The number of nitro benzene ring substituents is 1. The molecule has 2 amide bonds. The third-order valence-corrected chi connectivity index (χ3v) is 8.70. The molecule has 0 aliphatic carbocycles. The fraction of sp³-hybridized carbons (Fsp3) is 0.188. The number of carbonyl (C=O) groups excluding carboxylic acids is 2. The molecular formula is C32H27N3O9S. The van der Waals surface area contributed by atoms with Crippen LogP contribution >= 0.6 is 0 Å². The van der Waals surface area contributed by atoms with Crippen LogP contribution in [-0.2, 0) is 24.5 Å². The van der Waals surface area contributed by atoms with Gasteiger partial charge >= 0.3 is 10.1 Å². The number of hydroxylamine groups is 1. The molecule has 45 heavy (non-hydrogen) atoms. The van der Waals surface area contributed by atoms with Gasteiger partial charge in [0.25, 0.3) is 11.6 Å². The van der Waals surface area contributed by atoms with E-state index in [9.17, 15) is 28.1 Å². The normalized spacial score (nSPS) is 19.4. The fourth-order valence-electron chi connectivity index (χ4n) is 5.37. The van der Waals surface area contributed by atoms with E-state index in [0.29, 0.717) is 23.6 Å².